The van der Waals surface area contributed by atoms with Gasteiger partial charge in [-0.3, -0.25) is 0 Å². The van der Waals surface area contributed by atoms with Crippen molar-refractivity contribution in [2.45, 2.75) is 57.3 Å². The van der Waals surface area contributed by atoms with Crippen molar-refractivity contribution in [3.8, 4) is 0 Å². The van der Waals surface area contributed by atoms with E-state index in [0.29, 0.717) is 30.4 Å². The Morgan fingerprint density at radius 3 is 2.17 bits per heavy atom. The van der Waals surface area contributed by atoms with E-state index in [2.05, 4.69) is 38.2 Å². The van der Waals surface area contributed by atoms with Gasteiger partial charge in [-0.1, -0.05) is 58.9 Å². The van der Waals surface area contributed by atoms with Crippen molar-refractivity contribution in [2.24, 2.45) is 0 Å². The number of nitrogens with one attached hydrogen (secondary N) is 1. The minimum Gasteiger partial charge on any atom is -0.333 e. The molecule has 0 unspecified atom stereocenters. The first-order valence-electron chi connectivity index (χ1n) is 10.2. The van der Waals surface area contributed by atoms with Gasteiger partial charge in [0.2, 0.25) is 0 Å². The lowest BCUT2D eigenvalue weighted by atomic mass is 9.87. The van der Waals surface area contributed by atoms with E-state index in [1.807, 2.05) is 26.0 Å². The molecular weight excluding hydrogens is 418 g/mol. The molecule has 0 bridgehead atoms. The van der Waals surface area contributed by atoms with Crippen LogP contribution in [0.2, 0.25) is 0 Å². The summed E-state index contributed by atoms with van der Waals surface area (Å²) in [6, 6.07) is 11.5. The number of nitrogens with zero attached hydrogens (tertiary/aromatic N) is 2. The Morgan fingerprint density at radius 2 is 1.63 bits per heavy atom. The van der Waals surface area contributed by atoms with Crippen LogP contribution in [0.15, 0.2) is 40.6 Å². The molecule has 2 rings (SSSR count). The van der Waals surface area contributed by atoms with E-state index in [0.717, 1.165) is 10.4 Å². The van der Waals surface area contributed by atoms with E-state index >= 15 is 0 Å². The van der Waals surface area contributed by atoms with Crippen molar-refractivity contribution in [2.75, 3.05) is 20.1 Å². The van der Waals surface area contributed by atoms with Gasteiger partial charge in [0.25, 0.3) is 10.0 Å². The fourth-order valence-electron chi connectivity index (χ4n) is 3.04. The number of thiophene rings is 1. The largest absolute Gasteiger partial charge is 0.333 e. The molecule has 30 heavy (non-hydrogen) atoms. The normalized spacial score (nSPS) is 12.2. The third-order valence-electron chi connectivity index (χ3n) is 4.94. The lowest BCUT2D eigenvalue weighted by molar-refractivity contribution is 0.206. The van der Waals surface area contributed by atoms with Crippen LogP contribution in [-0.4, -0.2) is 43.8 Å². The van der Waals surface area contributed by atoms with Crippen molar-refractivity contribution in [3.05, 3.63) is 52.4 Å². The predicted molar refractivity (Wildman–Crippen MR) is 123 cm³/mol. The van der Waals surface area contributed by atoms with Gasteiger partial charge >= 0.3 is 6.03 Å². The van der Waals surface area contributed by atoms with Crippen LogP contribution in [0.5, 0.6) is 0 Å². The lowest BCUT2D eigenvalue weighted by Crippen LogP contribution is -2.36. The molecule has 0 aliphatic carbocycles. The van der Waals surface area contributed by atoms with Crippen LogP contribution >= 0.6 is 11.3 Å². The summed E-state index contributed by atoms with van der Waals surface area (Å²) in [6.45, 7) is 11.8. The Bertz CT molecular complexity index is 941. The van der Waals surface area contributed by atoms with E-state index in [9.17, 15) is 13.2 Å². The van der Waals surface area contributed by atoms with Crippen molar-refractivity contribution in [1.82, 2.24) is 14.5 Å². The van der Waals surface area contributed by atoms with Gasteiger partial charge in [-0.05, 0) is 28.7 Å². The van der Waals surface area contributed by atoms with Gasteiger partial charge in [0.1, 0.15) is 4.21 Å². The van der Waals surface area contributed by atoms with E-state index < -0.39 is 10.0 Å². The molecule has 0 aliphatic rings. The minimum atomic E-state index is -3.46. The third-order valence-corrected chi connectivity index (χ3v) is 8.54. The maximum absolute atomic E-state index is 12.6. The zero-order valence-corrected chi connectivity index (χ0v) is 20.4. The molecule has 1 heterocycles. The van der Waals surface area contributed by atoms with Gasteiger partial charge in [0, 0.05) is 31.6 Å². The molecule has 0 spiro atoms. The van der Waals surface area contributed by atoms with Gasteiger partial charge in [-0.25, -0.2) is 13.2 Å². The van der Waals surface area contributed by atoms with Crippen LogP contribution in [0.3, 0.4) is 0 Å². The van der Waals surface area contributed by atoms with E-state index in [1.54, 1.807) is 24.1 Å². The average molecular weight is 452 g/mol. The first-order valence-corrected chi connectivity index (χ1v) is 12.4. The molecule has 0 fully saturated rings. The first-order chi connectivity index (χ1) is 14.0. The molecule has 6 nitrogen and oxygen atoms in total. The molecule has 2 amide bonds. The molecule has 0 atom stereocenters. The second kappa shape index (κ2) is 9.94. The molecule has 1 N–H and O–H groups in total. The number of amides is 2. The maximum Gasteiger partial charge on any atom is 0.317 e. The molecule has 1 aromatic carbocycles. The van der Waals surface area contributed by atoms with Gasteiger partial charge in [0.05, 0.1) is 6.54 Å². The number of carbonyl (C=O) groups excluding carboxylic acids is 1. The Labute approximate surface area is 184 Å². The summed E-state index contributed by atoms with van der Waals surface area (Å²) in [6.07, 6.45) is 0. The zero-order chi connectivity index (χ0) is 22.5. The lowest BCUT2D eigenvalue weighted by Gasteiger charge is -2.21. The summed E-state index contributed by atoms with van der Waals surface area (Å²) >= 11 is 1.20. The van der Waals surface area contributed by atoms with Gasteiger partial charge in [-0.2, -0.15) is 4.31 Å². The summed E-state index contributed by atoms with van der Waals surface area (Å²) in [5.41, 5.74) is 2.41. The SMILES string of the molecule is CCN(CC)S(=O)(=O)c1ccc(CNC(=O)N(C)Cc2ccc(C(C)(C)C)cc2)s1. The fraction of sp³-hybridized carbons (Fsp3) is 0.500. The Hall–Kier alpha value is -1.90. The Kier molecular flexibility index (Phi) is 8.07. The van der Waals surface area contributed by atoms with Crippen LogP contribution in [0.4, 0.5) is 4.79 Å². The summed E-state index contributed by atoms with van der Waals surface area (Å²) in [5, 5.41) is 2.87. The van der Waals surface area contributed by atoms with Crippen molar-refractivity contribution in [1.29, 1.82) is 0 Å². The summed E-state index contributed by atoms with van der Waals surface area (Å²) < 4.78 is 26.9. The number of hydrogen-bond donors (Lipinski definition) is 1. The van der Waals surface area contributed by atoms with Crippen molar-refractivity contribution in [3.63, 3.8) is 0 Å². The molecule has 8 heteroatoms. The zero-order valence-electron chi connectivity index (χ0n) is 18.7. The second-order valence-corrected chi connectivity index (χ2v) is 11.6. The average Bonchev–Trinajstić information content (AvgIpc) is 3.16. The number of benzene rings is 1. The Morgan fingerprint density at radius 1 is 1.03 bits per heavy atom. The van der Waals surface area contributed by atoms with Gasteiger partial charge < -0.3 is 10.2 Å². The highest BCUT2D eigenvalue weighted by Gasteiger charge is 2.23. The molecule has 0 aliphatic heterocycles. The highest BCUT2D eigenvalue weighted by atomic mass is 32.2. The minimum absolute atomic E-state index is 0.0974. The molecule has 1 aromatic heterocycles. The standard InChI is InChI=1S/C22H33N3O3S2/c1-7-25(8-2)30(27,28)20-14-13-19(29-20)15-23-21(26)24(6)16-17-9-11-18(12-10-17)22(3,4)5/h9-14H,7-8,15-16H2,1-6H3,(H,23,26). The van der Waals surface area contributed by atoms with Crippen LogP contribution < -0.4 is 5.32 Å². The van der Waals surface area contributed by atoms with E-state index in [1.165, 1.54) is 21.2 Å². The summed E-state index contributed by atoms with van der Waals surface area (Å²) in [7, 11) is -1.71. The van der Waals surface area contributed by atoms with E-state index in [4.69, 9.17) is 0 Å². The molecule has 2 aromatic rings. The van der Waals surface area contributed by atoms with Crippen LogP contribution in [0.25, 0.3) is 0 Å². The topological polar surface area (TPSA) is 69.7 Å². The smallest absolute Gasteiger partial charge is 0.317 e. The highest BCUT2D eigenvalue weighted by Crippen LogP contribution is 2.25. The summed E-state index contributed by atoms with van der Waals surface area (Å²) in [5.74, 6) is 0. The fourth-order valence-corrected chi connectivity index (χ4v) is 5.94. The van der Waals surface area contributed by atoms with Gasteiger partial charge in [-0.15, -0.1) is 11.3 Å². The van der Waals surface area contributed by atoms with Crippen LogP contribution in [-0.2, 0) is 28.5 Å². The molecule has 0 saturated carbocycles. The second-order valence-electron chi connectivity index (χ2n) is 8.27. The van der Waals surface area contributed by atoms with Gasteiger partial charge in [0.15, 0.2) is 0 Å². The Balaban J connectivity index is 1.94. The molecule has 166 valence electrons. The highest BCUT2D eigenvalue weighted by molar-refractivity contribution is 7.91. The first kappa shape index (κ1) is 24.4. The number of urea groups is 1. The number of sulfonamides is 1. The van der Waals surface area contributed by atoms with Crippen molar-refractivity contribution >= 4 is 27.4 Å². The quantitative estimate of drug-likeness (QED) is 0.646. The number of hydrogen-bond acceptors (Lipinski definition) is 4. The number of rotatable bonds is 8. The maximum atomic E-state index is 12.6. The predicted octanol–water partition coefficient (Wildman–Crippen LogP) is 4.42. The monoisotopic (exact) mass is 451 g/mol. The molecule has 0 saturated heterocycles. The van der Waals surface area contributed by atoms with Crippen molar-refractivity contribution < 1.29 is 13.2 Å². The van der Waals surface area contributed by atoms with Crippen LogP contribution in [0, 0.1) is 0 Å². The van der Waals surface area contributed by atoms with E-state index in [-0.39, 0.29) is 11.4 Å². The molecular formula is C22H33N3O3S2. The third kappa shape index (κ3) is 6.06. The summed E-state index contributed by atoms with van der Waals surface area (Å²) in [4.78, 5) is 14.9. The molecule has 0 radical (unpaired) electrons. The number of carbonyl (C=O) groups is 1. The van der Waals surface area contributed by atoms with Crippen LogP contribution in [0.1, 0.15) is 50.6 Å².